The van der Waals surface area contributed by atoms with Gasteiger partial charge in [-0.1, -0.05) is 57.2 Å². The average molecular weight is 426 g/mol. The third kappa shape index (κ3) is 4.41. The summed E-state index contributed by atoms with van der Waals surface area (Å²) in [6.45, 7) is 22.1. The highest BCUT2D eigenvalue weighted by atomic mass is 28.4. The Bertz CT molecular complexity index is 893. The fraction of sp³-hybridized carbons (Fsp3) is 0.600. The maximum Gasteiger partial charge on any atom is 0.495 e. The molecule has 30 heavy (non-hydrogen) atoms. The van der Waals surface area contributed by atoms with Gasteiger partial charge in [0.1, 0.15) is 0 Å². The lowest BCUT2D eigenvalue weighted by molar-refractivity contribution is 0.00578. The lowest BCUT2D eigenvalue weighted by atomic mass is 9.74. The molecule has 2 aromatic rings. The molecule has 1 unspecified atom stereocenters. The van der Waals surface area contributed by atoms with E-state index in [9.17, 15) is 0 Å². The summed E-state index contributed by atoms with van der Waals surface area (Å²) in [5.41, 5.74) is 1.70. The van der Waals surface area contributed by atoms with E-state index in [1.54, 1.807) is 0 Å². The molecule has 0 radical (unpaired) electrons. The second kappa shape index (κ2) is 7.77. The smallest absolute Gasteiger partial charge is 0.414 e. The fourth-order valence-electron chi connectivity index (χ4n) is 3.82. The van der Waals surface area contributed by atoms with E-state index in [0.717, 1.165) is 11.9 Å². The Morgan fingerprint density at radius 1 is 0.967 bits per heavy atom. The van der Waals surface area contributed by atoms with Gasteiger partial charge in [-0.3, -0.25) is 0 Å². The molecule has 0 saturated carbocycles. The molecule has 1 aliphatic rings. The van der Waals surface area contributed by atoms with E-state index in [2.05, 4.69) is 105 Å². The van der Waals surface area contributed by atoms with E-state index >= 15 is 0 Å². The van der Waals surface area contributed by atoms with Gasteiger partial charge < -0.3 is 13.7 Å². The summed E-state index contributed by atoms with van der Waals surface area (Å²) >= 11 is 0. The van der Waals surface area contributed by atoms with Gasteiger partial charge in [-0.05, 0) is 81.0 Å². The van der Waals surface area contributed by atoms with Crippen molar-refractivity contribution in [2.24, 2.45) is 0 Å². The van der Waals surface area contributed by atoms with E-state index in [4.69, 9.17) is 13.7 Å². The average Bonchev–Trinajstić information content (AvgIpc) is 2.80. The molecule has 0 bridgehead atoms. The van der Waals surface area contributed by atoms with Gasteiger partial charge >= 0.3 is 7.12 Å². The Labute approximate surface area is 184 Å². The summed E-state index contributed by atoms with van der Waals surface area (Å²) in [7, 11) is -2.18. The highest BCUT2D eigenvalue weighted by molar-refractivity contribution is 6.74. The monoisotopic (exact) mass is 426 g/mol. The minimum Gasteiger partial charge on any atom is -0.414 e. The topological polar surface area (TPSA) is 27.7 Å². The van der Waals surface area contributed by atoms with Crippen LogP contribution in [0.2, 0.25) is 18.1 Å². The van der Waals surface area contributed by atoms with Gasteiger partial charge in [0.2, 0.25) is 0 Å². The fourth-order valence-corrected chi connectivity index (χ4v) is 5.26. The van der Waals surface area contributed by atoms with Crippen LogP contribution in [0, 0.1) is 0 Å². The van der Waals surface area contributed by atoms with Crippen molar-refractivity contribution in [2.75, 3.05) is 0 Å². The normalized spacial score (nSPS) is 20.0. The quantitative estimate of drug-likeness (QED) is 0.542. The van der Waals surface area contributed by atoms with Crippen LogP contribution in [0.4, 0.5) is 0 Å². The van der Waals surface area contributed by atoms with Gasteiger partial charge in [-0.2, -0.15) is 0 Å². The molecule has 5 heteroatoms. The highest BCUT2D eigenvalue weighted by Crippen LogP contribution is 2.39. The van der Waals surface area contributed by atoms with E-state index < -0.39 is 8.32 Å². The Morgan fingerprint density at radius 2 is 1.50 bits per heavy atom. The summed E-state index contributed by atoms with van der Waals surface area (Å²) in [6, 6.07) is 13.0. The lowest BCUT2D eigenvalue weighted by Gasteiger charge is -2.38. The molecular formula is C25H39BO3Si. The van der Waals surface area contributed by atoms with E-state index in [1.165, 1.54) is 16.3 Å². The molecule has 0 N–H and O–H groups in total. The van der Waals surface area contributed by atoms with Gasteiger partial charge in [0.25, 0.3) is 0 Å². The summed E-state index contributed by atoms with van der Waals surface area (Å²) < 4.78 is 19.5. The molecule has 1 heterocycles. The van der Waals surface area contributed by atoms with Crippen molar-refractivity contribution < 1.29 is 13.7 Å². The van der Waals surface area contributed by atoms with Gasteiger partial charge in [0.15, 0.2) is 8.32 Å². The van der Waals surface area contributed by atoms with E-state index in [1.807, 2.05) is 0 Å². The molecule has 164 valence electrons. The van der Waals surface area contributed by atoms with Gasteiger partial charge in [0, 0.05) is 6.10 Å². The maximum absolute atomic E-state index is 6.66. The second-order valence-electron chi connectivity index (χ2n) is 11.3. The first kappa shape index (κ1) is 23.5. The van der Waals surface area contributed by atoms with Crippen LogP contribution in [-0.4, -0.2) is 32.7 Å². The van der Waals surface area contributed by atoms with Crippen LogP contribution >= 0.6 is 0 Å². The lowest BCUT2D eigenvalue weighted by Crippen LogP contribution is -2.43. The molecule has 1 saturated heterocycles. The first-order valence-electron chi connectivity index (χ1n) is 11.2. The minimum atomic E-state index is -1.82. The van der Waals surface area contributed by atoms with Crippen LogP contribution in [0.5, 0.6) is 0 Å². The first-order valence-corrected chi connectivity index (χ1v) is 14.1. The van der Waals surface area contributed by atoms with Crippen molar-refractivity contribution in [3.8, 4) is 0 Å². The highest BCUT2D eigenvalue weighted by Gasteiger charge is 2.52. The molecule has 1 atom stereocenters. The van der Waals surface area contributed by atoms with Crippen LogP contribution in [0.1, 0.15) is 61.0 Å². The largest absolute Gasteiger partial charge is 0.495 e. The van der Waals surface area contributed by atoms with Gasteiger partial charge in [-0.25, -0.2) is 0 Å². The predicted octanol–water partition coefficient (Wildman–Crippen LogP) is 6.09. The predicted molar refractivity (Wildman–Crippen MR) is 131 cm³/mol. The first-order chi connectivity index (χ1) is 13.6. The van der Waals surface area contributed by atoms with Gasteiger partial charge in [-0.15, -0.1) is 0 Å². The van der Waals surface area contributed by atoms with Crippen molar-refractivity contribution >= 4 is 31.7 Å². The van der Waals surface area contributed by atoms with Crippen molar-refractivity contribution in [3.63, 3.8) is 0 Å². The number of rotatable bonds is 5. The summed E-state index contributed by atoms with van der Waals surface area (Å²) in [6.07, 6.45) is 1.03. The third-order valence-corrected chi connectivity index (χ3v) is 11.9. The van der Waals surface area contributed by atoms with Crippen LogP contribution in [0.25, 0.3) is 10.8 Å². The number of fused-ring (bicyclic) bond motifs is 1. The Kier molecular flexibility index (Phi) is 6.09. The Hall–Kier alpha value is -1.14. The summed E-state index contributed by atoms with van der Waals surface area (Å²) in [5, 5.41) is 2.66. The van der Waals surface area contributed by atoms with Crippen molar-refractivity contribution in [1.29, 1.82) is 0 Å². The Balaban J connectivity index is 1.96. The molecule has 3 nitrogen and oxygen atoms in total. The number of benzene rings is 2. The Morgan fingerprint density at radius 3 is 2.03 bits per heavy atom. The molecule has 1 aliphatic heterocycles. The SMILES string of the molecule is CC(Cc1cccc2cccc(B3OC(C)(C)C(C)(C)O3)c12)O[Si](C)(C)C(C)(C)C. The molecule has 0 aromatic heterocycles. The van der Waals surface area contributed by atoms with Gasteiger partial charge in [0.05, 0.1) is 11.2 Å². The molecule has 2 aromatic carbocycles. The summed E-state index contributed by atoms with van der Waals surface area (Å²) in [4.78, 5) is 0. The van der Waals surface area contributed by atoms with Crippen molar-refractivity contribution in [2.45, 2.75) is 97.2 Å². The molecule has 0 amide bonds. The van der Waals surface area contributed by atoms with Crippen LogP contribution < -0.4 is 5.46 Å². The standard InChI is InChI=1S/C25H39BO3Si/c1-18(27-30(9,10)23(2,3)4)17-20-15-11-13-19-14-12-16-21(22(19)20)26-28-24(5,6)25(7,8)29-26/h11-16,18H,17H2,1-10H3. The molecular weight excluding hydrogens is 387 g/mol. The minimum absolute atomic E-state index is 0.155. The van der Waals surface area contributed by atoms with Crippen molar-refractivity contribution in [1.82, 2.24) is 0 Å². The van der Waals surface area contributed by atoms with Crippen LogP contribution in [0.15, 0.2) is 36.4 Å². The van der Waals surface area contributed by atoms with E-state index in [0.29, 0.717) is 0 Å². The second-order valence-corrected chi connectivity index (χ2v) is 16.1. The van der Waals surface area contributed by atoms with Crippen LogP contribution in [-0.2, 0) is 20.2 Å². The molecule has 3 rings (SSSR count). The zero-order valence-corrected chi connectivity index (χ0v) is 21.6. The molecule has 0 spiro atoms. The van der Waals surface area contributed by atoms with E-state index in [-0.39, 0.29) is 29.5 Å². The zero-order valence-electron chi connectivity index (χ0n) is 20.6. The van der Waals surface area contributed by atoms with Crippen LogP contribution in [0.3, 0.4) is 0 Å². The zero-order chi connectivity index (χ0) is 22.5. The third-order valence-electron chi connectivity index (χ3n) is 7.34. The molecule has 1 fully saturated rings. The molecule has 0 aliphatic carbocycles. The number of hydrogen-bond donors (Lipinski definition) is 0. The maximum atomic E-state index is 6.66. The number of hydrogen-bond acceptors (Lipinski definition) is 3. The van der Waals surface area contributed by atoms with Crippen molar-refractivity contribution in [3.05, 3.63) is 42.0 Å². The summed E-state index contributed by atoms with van der Waals surface area (Å²) in [5.74, 6) is 0.